The molecule has 28 heavy (non-hydrogen) atoms. The van der Waals surface area contributed by atoms with Crippen molar-refractivity contribution in [3.8, 4) is 0 Å². The molecule has 6 nitrogen and oxygen atoms in total. The van der Waals surface area contributed by atoms with E-state index < -0.39 is 5.60 Å². The second-order valence-electron chi connectivity index (χ2n) is 7.41. The molecule has 1 saturated carbocycles. The first-order valence-corrected chi connectivity index (χ1v) is 10.1. The summed E-state index contributed by atoms with van der Waals surface area (Å²) >= 11 is 6.24. The number of halogens is 2. The van der Waals surface area contributed by atoms with E-state index >= 15 is 0 Å². The molecule has 0 unspecified atom stereocenters. The Bertz CT molecular complexity index is 687. The Kier molecular flexibility index (Phi) is 8.56. The van der Waals surface area contributed by atoms with E-state index in [1.54, 1.807) is 25.3 Å². The number of anilines is 1. The lowest BCUT2D eigenvalue weighted by atomic mass is 9.91. The number of ether oxygens (including phenoxy) is 1. The molecule has 1 aromatic carbocycles. The van der Waals surface area contributed by atoms with Gasteiger partial charge >= 0.3 is 0 Å². The van der Waals surface area contributed by atoms with Crippen LogP contribution in [0.5, 0.6) is 0 Å². The van der Waals surface area contributed by atoms with Crippen LogP contribution in [0.3, 0.4) is 0 Å². The van der Waals surface area contributed by atoms with E-state index in [2.05, 4.69) is 16.0 Å². The Morgan fingerprint density at radius 3 is 2.50 bits per heavy atom. The summed E-state index contributed by atoms with van der Waals surface area (Å²) in [5.41, 5.74) is 0.0973. The maximum Gasteiger partial charge on any atom is 0.256 e. The number of hydrogen-bond donors (Lipinski definition) is 3. The van der Waals surface area contributed by atoms with Gasteiger partial charge in [0.15, 0.2) is 0 Å². The molecule has 2 aliphatic rings. The van der Waals surface area contributed by atoms with Crippen LogP contribution in [0.15, 0.2) is 18.2 Å². The third-order valence-corrected chi connectivity index (χ3v) is 5.95. The summed E-state index contributed by atoms with van der Waals surface area (Å²) in [7, 11) is 1.57. The Morgan fingerprint density at radius 1 is 1.18 bits per heavy atom. The molecule has 1 aromatic rings. The van der Waals surface area contributed by atoms with Gasteiger partial charge in [0.2, 0.25) is 0 Å². The van der Waals surface area contributed by atoms with Gasteiger partial charge in [-0.05, 0) is 57.0 Å². The van der Waals surface area contributed by atoms with Crippen LogP contribution in [0.2, 0.25) is 5.02 Å². The number of carbonyl (C=O) groups is 2. The van der Waals surface area contributed by atoms with Crippen LogP contribution in [0.1, 0.15) is 55.3 Å². The number of hydrogen-bond acceptors (Lipinski definition) is 4. The molecule has 0 spiro atoms. The maximum atomic E-state index is 12.8. The van der Waals surface area contributed by atoms with Gasteiger partial charge in [0.05, 0.1) is 10.6 Å². The lowest BCUT2D eigenvalue weighted by Gasteiger charge is -2.34. The van der Waals surface area contributed by atoms with Crippen LogP contribution >= 0.6 is 24.0 Å². The Morgan fingerprint density at radius 2 is 1.86 bits per heavy atom. The van der Waals surface area contributed by atoms with Gasteiger partial charge in [-0.1, -0.05) is 30.9 Å². The molecule has 2 fully saturated rings. The topological polar surface area (TPSA) is 79.5 Å². The highest BCUT2D eigenvalue weighted by molar-refractivity contribution is 6.34. The van der Waals surface area contributed by atoms with E-state index in [4.69, 9.17) is 16.3 Å². The van der Waals surface area contributed by atoms with E-state index in [1.807, 2.05) is 0 Å². The second-order valence-corrected chi connectivity index (χ2v) is 7.81. The fraction of sp³-hybridized carbons (Fsp3) is 0.600. The summed E-state index contributed by atoms with van der Waals surface area (Å²) in [6.07, 6.45) is 6.74. The summed E-state index contributed by atoms with van der Waals surface area (Å²) in [5, 5.41) is 9.58. The van der Waals surface area contributed by atoms with Gasteiger partial charge in [0.25, 0.3) is 11.8 Å². The van der Waals surface area contributed by atoms with Crippen LogP contribution in [0.4, 0.5) is 5.69 Å². The van der Waals surface area contributed by atoms with Crippen molar-refractivity contribution in [2.45, 2.75) is 56.6 Å². The fourth-order valence-corrected chi connectivity index (χ4v) is 4.09. The summed E-state index contributed by atoms with van der Waals surface area (Å²) in [5.74, 6) is -0.376. The predicted octanol–water partition coefficient (Wildman–Crippen LogP) is 3.53. The normalized spacial score (nSPS) is 19.4. The zero-order valence-electron chi connectivity index (χ0n) is 16.2. The summed E-state index contributed by atoms with van der Waals surface area (Å²) in [6.45, 7) is 1.47. The van der Waals surface area contributed by atoms with Crippen LogP contribution in [-0.2, 0) is 9.53 Å². The first kappa shape index (κ1) is 22.9. The molecule has 1 aliphatic carbocycles. The molecule has 1 saturated heterocycles. The molecule has 1 heterocycles. The van der Waals surface area contributed by atoms with E-state index in [1.165, 1.54) is 6.42 Å². The second kappa shape index (κ2) is 10.4. The van der Waals surface area contributed by atoms with Crippen LogP contribution < -0.4 is 16.0 Å². The van der Waals surface area contributed by atoms with E-state index in [0.29, 0.717) is 29.1 Å². The molecule has 2 amide bonds. The van der Waals surface area contributed by atoms with Gasteiger partial charge in [-0.2, -0.15) is 0 Å². The van der Waals surface area contributed by atoms with Crippen molar-refractivity contribution < 1.29 is 14.3 Å². The highest BCUT2D eigenvalue weighted by Gasteiger charge is 2.39. The van der Waals surface area contributed by atoms with Gasteiger partial charge in [-0.15, -0.1) is 12.4 Å². The molecule has 3 N–H and O–H groups in total. The van der Waals surface area contributed by atoms with Crippen molar-refractivity contribution in [3.63, 3.8) is 0 Å². The highest BCUT2D eigenvalue weighted by Crippen LogP contribution is 2.27. The Hall–Kier alpha value is -1.34. The number of amides is 2. The molecule has 0 bridgehead atoms. The molecule has 0 radical (unpaired) electrons. The lowest BCUT2D eigenvalue weighted by Crippen LogP contribution is -2.51. The molecule has 8 heteroatoms. The zero-order valence-corrected chi connectivity index (χ0v) is 17.8. The third-order valence-electron chi connectivity index (χ3n) is 5.63. The van der Waals surface area contributed by atoms with Gasteiger partial charge in [0, 0.05) is 18.8 Å². The van der Waals surface area contributed by atoms with E-state index in [0.717, 1.165) is 38.8 Å². The number of benzene rings is 1. The molecule has 3 rings (SSSR count). The molecular formula is C20H29Cl2N3O3. The fourth-order valence-electron chi connectivity index (χ4n) is 3.89. The SMILES string of the molecule is COC1(C(=O)Nc2ccc(Cl)c(C(=O)NC3CCCCC3)c2)CCNCC1.Cl. The van der Waals surface area contributed by atoms with Gasteiger partial charge in [-0.25, -0.2) is 0 Å². The summed E-state index contributed by atoms with van der Waals surface area (Å²) in [4.78, 5) is 25.5. The van der Waals surface area contributed by atoms with Crippen molar-refractivity contribution in [2.24, 2.45) is 0 Å². The largest absolute Gasteiger partial charge is 0.368 e. The maximum absolute atomic E-state index is 12.8. The van der Waals surface area contributed by atoms with E-state index in [9.17, 15) is 9.59 Å². The van der Waals surface area contributed by atoms with Crippen molar-refractivity contribution in [2.75, 3.05) is 25.5 Å². The summed E-state index contributed by atoms with van der Waals surface area (Å²) in [6, 6.07) is 5.20. The van der Waals surface area contributed by atoms with Crippen molar-refractivity contribution >= 4 is 41.5 Å². The zero-order chi connectivity index (χ0) is 19.3. The average molecular weight is 430 g/mol. The monoisotopic (exact) mass is 429 g/mol. The van der Waals surface area contributed by atoms with Gasteiger partial charge < -0.3 is 20.7 Å². The lowest BCUT2D eigenvalue weighted by molar-refractivity contribution is -0.140. The standard InChI is InChI=1S/C20H28ClN3O3.ClH/c1-27-20(9-11-22-12-10-20)19(26)24-15-7-8-17(21)16(13-15)18(25)23-14-5-3-2-4-6-14;/h7-8,13-14,22H,2-6,9-12H2,1H3,(H,23,25)(H,24,26);1H. The predicted molar refractivity (Wildman–Crippen MR) is 114 cm³/mol. The first-order valence-electron chi connectivity index (χ1n) is 9.72. The Labute approximate surface area is 177 Å². The minimum absolute atomic E-state index is 0. The number of carbonyl (C=O) groups excluding carboxylic acids is 2. The number of nitrogens with one attached hydrogen (secondary N) is 3. The van der Waals surface area contributed by atoms with Crippen LogP contribution in [0, 0.1) is 0 Å². The number of methoxy groups -OCH3 is 1. The van der Waals surface area contributed by atoms with E-state index in [-0.39, 0.29) is 30.3 Å². The molecule has 0 atom stereocenters. The van der Waals surface area contributed by atoms with Crippen molar-refractivity contribution in [3.05, 3.63) is 28.8 Å². The quantitative estimate of drug-likeness (QED) is 0.668. The first-order chi connectivity index (χ1) is 13.0. The van der Waals surface area contributed by atoms with Gasteiger partial charge in [0.1, 0.15) is 5.60 Å². The molecule has 156 valence electrons. The minimum atomic E-state index is -0.838. The third kappa shape index (κ3) is 5.38. The van der Waals surface area contributed by atoms with Crippen molar-refractivity contribution in [1.29, 1.82) is 0 Å². The summed E-state index contributed by atoms with van der Waals surface area (Å²) < 4.78 is 5.56. The number of piperidine rings is 1. The molecule has 0 aromatic heterocycles. The van der Waals surface area contributed by atoms with Crippen LogP contribution in [-0.4, -0.2) is 43.7 Å². The van der Waals surface area contributed by atoms with Crippen LogP contribution in [0.25, 0.3) is 0 Å². The highest BCUT2D eigenvalue weighted by atomic mass is 35.5. The average Bonchev–Trinajstić information content (AvgIpc) is 2.70. The molecule has 1 aliphatic heterocycles. The Balaban J connectivity index is 0.00000280. The minimum Gasteiger partial charge on any atom is -0.368 e. The number of rotatable bonds is 5. The molecular weight excluding hydrogens is 401 g/mol. The smallest absolute Gasteiger partial charge is 0.256 e. The van der Waals surface area contributed by atoms with Gasteiger partial charge in [-0.3, -0.25) is 9.59 Å². The van der Waals surface area contributed by atoms with Crippen molar-refractivity contribution in [1.82, 2.24) is 10.6 Å².